The first-order chi connectivity index (χ1) is 7.47. The van der Waals surface area contributed by atoms with Crippen LogP contribution >= 0.6 is 0 Å². The molecule has 2 unspecified atom stereocenters. The second-order valence-electron chi connectivity index (χ2n) is 3.32. The fraction of sp³-hybridized carbons (Fsp3) is 0.333. The average Bonchev–Trinajstić information content (AvgIpc) is 2.26. The van der Waals surface area contributed by atoms with Gasteiger partial charge in [0.15, 0.2) is 0 Å². The molecule has 0 radical (unpaired) electrons. The van der Waals surface area contributed by atoms with Crippen molar-refractivity contribution in [2.24, 2.45) is 5.73 Å². The standard InChI is InChI=1S/C9H13N3O4/c10-4-8(13)9(14)6-3-5(11)1-2-7(6)12(15)16/h1-3,8-9,13-14H,4,10-11H2. The Kier molecular flexibility index (Phi) is 3.78. The maximum absolute atomic E-state index is 10.7. The fourth-order valence-electron chi connectivity index (χ4n) is 1.31. The van der Waals surface area contributed by atoms with E-state index in [0.717, 1.165) is 0 Å². The van der Waals surface area contributed by atoms with Gasteiger partial charge in [-0.25, -0.2) is 0 Å². The van der Waals surface area contributed by atoms with Crippen molar-refractivity contribution in [2.75, 3.05) is 12.3 Å². The van der Waals surface area contributed by atoms with Gasteiger partial charge in [0.2, 0.25) is 0 Å². The Hall–Kier alpha value is -1.70. The van der Waals surface area contributed by atoms with Gasteiger partial charge in [0.05, 0.1) is 16.6 Å². The molecule has 6 N–H and O–H groups in total. The van der Waals surface area contributed by atoms with Gasteiger partial charge in [-0.1, -0.05) is 0 Å². The molecule has 7 heteroatoms. The molecule has 0 saturated heterocycles. The number of nitrogens with two attached hydrogens (primary N) is 2. The molecule has 1 aromatic rings. The predicted octanol–water partition coefficient (Wildman–Crippen LogP) is -0.470. The van der Waals surface area contributed by atoms with Crippen LogP contribution in [-0.4, -0.2) is 27.8 Å². The largest absolute Gasteiger partial charge is 0.399 e. The molecule has 2 atom stereocenters. The van der Waals surface area contributed by atoms with Crippen LogP contribution in [0.3, 0.4) is 0 Å². The van der Waals surface area contributed by atoms with Gasteiger partial charge < -0.3 is 21.7 Å². The number of nitro groups is 1. The van der Waals surface area contributed by atoms with E-state index in [1.165, 1.54) is 18.2 Å². The Labute approximate surface area is 91.4 Å². The molecule has 0 aromatic heterocycles. The molecular weight excluding hydrogens is 214 g/mol. The monoisotopic (exact) mass is 227 g/mol. The molecule has 0 aliphatic heterocycles. The Morgan fingerprint density at radius 3 is 2.56 bits per heavy atom. The molecule has 88 valence electrons. The van der Waals surface area contributed by atoms with Crippen molar-refractivity contribution in [2.45, 2.75) is 12.2 Å². The van der Waals surface area contributed by atoms with Crippen molar-refractivity contribution in [3.05, 3.63) is 33.9 Å². The summed E-state index contributed by atoms with van der Waals surface area (Å²) in [6.45, 7) is -0.201. The number of nitrogen functional groups attached to an aromatic ring is 1. The normalized spacial score (nSPS) is 14.4. The molecule has 0 bridgehead atoms. The molecule has 16 heavy (non-hydrogen) atoms. The second-order valence-corrected chi connectivity index (χ2v) is 3.32. The van der Waals surface area contributed by atoms with Crippen LogP contribution in [0.2, 0.25) is 0 Å². The van der Waals surface area contributed by atoms with Gasteiger partial charge in [0.25, 0.3) is 5.69 Å². The molecule has 0 saturated carbocycles. The summed E-state index contributed by atoms with van der Waals surface area (Å²) in [7, 11) is 0. The number of aliphatic hydroxyl groups is 2. The molecule has 0 amide bonds. The summed E-state index contributed by atoms with van der Waals surface area (Å²) < 4.78 is 0. The maximum atomic E-state index is 10.7. The molecule has 7 nitrogen and oxygen atoms in total. The van der Waals surface area contributed by atoms with Crippen molar-refractivity contribution >= 4 is 11.4 Å². The van der Waals surface area contributed by atoms with E-state index in [1.54, 1.807) is 0 Å². The van der Waals surface area contributed by atoms with Crippen LogP contribution in [0.5, 0.6) is 0 Å². The summed E-state index contributed by atoms with van der Waals surface area (Å²) in [6, 6.07) is 3.78. The minimum Gasteiger partial charge on any atom is -0.399 e. The Morgan fingerprint density at radius 2 is 2.06 bits per heavy atom. The summed E-state index contributed by atoms with van der Waals surface area (Å²) in [5.41, 5.74) is 10.6. The van der Waals surface area contributed by atoms with Crippen LogP contribution < -0.4 is 11.5 Å². The molecule has 1 rings (SSSR count). The average molecular weight is 227 g/mol. The third-order valence-electron chi connectivity index (χ3n) is 2.17. The smallest absolute Gasteiger partial charge is 0.275 e. The third-order valence-corrected chi connectivity index (χ3v) is 2.17. The Bertz CT molecular complexity index is 396. The highest BCUT2D eigenvalue weighted by atomic mass is 16.6. The zero-order chi connectivity index (χ0) is 12.3. The first kappa shape index (κ1) is 12.4. The molecule has 1 aromatic carbocycles. The van der Waals surface area contributed by atoms with Gasteiger partial charge in [-0.3, -0.25) is 10.1 Å². The zero-order valence-corrected chi connectivity index (χ0v) is 8.41. The first-order valence-corrected chi connectivity index (χ1v) is 4.57. The fourth-order valence-corrected chi connectivity index (χ4v) is 1.31. The van der Waals surface area contributed by atoms with Gasteiger partial charge >= 0.3 is 0 Å². The predicted molar refractivity (Wildman–Crippen MR) is 57.5 cm³/mol. The van der Waals surface area contributed by atoms with Crippen LogP contribution in [0, 0.1) is 10.1 Å². The minimum atomic E-state index is -1.42. The van der Waals surface area contributed by atoms with Gasteiger partial charge in [0.1, 0.15) is 6.10 Å². The highest BCUT2D eigenvalue weighted by molar-refractivity contribution is 5.52. The second kappa shape index (κ2) is 4.88. The summed E-state index contributed by atoms with van der Waals surface area (Å²) in [4.78, 5) is 10.0. The molecule has 0 aliphatic rings. The van der Waals surface area contributed by atoms with Crippen molar-refractivity contribution in [3.63, 3.8) is 0 Å². The van der Waals surface area contributed by atoms with E-state index in [4.69, 9.17) is 11.5 Å². The van der Waals surface area contributed by atoms with Crippen molar-refractivity contribution < 1.29 is 15.1 Å². The number of hydrogen-bond donors (Lipinski definition) is 4. The number of nitrogens with zero attached hydrogens (tertiary/aromatic N) is 1. The number of hydrogen-bond acceptors (Lipinski definition) is 6. The lowest BCUT2D eigenvalue weighted by molar-refractivity contribution is -0.386. The lowest BCUT2D eigenvalue weighted by Crippen LogP contribution is -2.27. The van der Waals surface area contributed by atoms with Crippen molar-refractivity contribution in [3.8, 4) is 0 Å². The van der Waals surface area contributed by atoms with Gasteiger partial charge in [0, 0.05) is 18.3 Å². The highest BCUT2D eigenvalue weighted by Gasteiger charge is 2.25. The van der Waals surface area contributed by atoms with Crippen LogP contribution in [-0.2, 0) is 0 Å². The molecule has 0 heterocycles. The van der Waals surface area contributed by atoms with Crippen LogP contribution in [0.25, 0.3) is 0 Å². The van der Waals surface area contributed by atoms with Gasteiger partial charge in [-0.05, 0) is 12.1 Å². The highest BCUT2D eigenvalue weighted by Crippen LogP contribution is 2.28. The van der Waals surface area contributed by atoms with Crippen LogP contribution in [0.4, 0.5) is 11.4 Å². The number of nitro benzene ring substituents is 1. The van der Waals surface area contributed by atoms with Crippen molar-refractivity contribution in [1.82, 2.24) is 0 Å². The van der Waals surface area contributed by atoms with Crippen LogP contribution in [0.15, 0.2) is 18.2 Å². The third kappa shape index (κ3) is 2.45. The van der Waals surface area contributed by atoms with E-state index in [-0.39, 0.29) is 23.5 Å². The molecule has 0 aliphatic carbocycles. The van der Waals surface area contributed by atoms with Gasteiger partial charge in [-0.15, -0.1) is 0 Å². The molecule has 0 spiro atoms. The lowest BCUT2D eigenvalue weighted by Gasteiger charge is -2.16. The maximum Gasteiger partial charge on any atom is 0.275 e. The van der Waals surface area contributed by atoms with E-state index in [2.05, 4.69) is 0 Å². The number of anilines is 1. The summed E-state index contributed by atoms with van der Waals surface area (Å²) in [5.74, 6) is 0. The van der Waals surface area contributed by atoms with E-state index in [9.17, 15) is 20.3 Å². The topological polar surface area (TPSA) is 136 Å². The molecular formula is C9H13N3O4. The van der Waals surface area contributed by atoms with E-state index in [0.29, 0.717) is 0 Å². The lowest BCUT2D eigenvalue weighted by atomic mass is 10.0. The zero-order valence-electron chi connectivity index (χ0n) is 8.41. The van der Waals surface area contributed by atoms with E-state index >= 15 is 0 Å². The Balaban J connectivity index is 3.19. The summed E-state index contributed by atoms with van der Waals surface area (Å²) in [6.07, 6.45) is -2.69. The SMILES string of the molecule is NCC(O)C(O)c1cc(N)ccc1[N+](=O)[O-]. The summed E-state index contributed by atoms with van der Waals surface area (Å²) >= 11 is 0. The van der Waals surface area contributed by atoms with E-state index in [1.807, 2.05) is 0 Å². The molecule has 0 fully saturated rings. The van der Waals surface area contributed by atoms with Crippen molar-refractivity contribution in [1.29, 1.82) is 0 Å². The number of benzene rings is 1. The number of rotatable bonds is 4. The summed E-state index contributed by atoms with van der Waals surface area (Å²) in [5, 5.41) is 29.7. The van der Waals surface area contributed by atoms with Gasteiger partial charge in [-0.2, -0.15) is 0 Å². The number of aliphatic hydroxyl groups excluding tert-OH is 2. The minimum absolute atomic E-state index is 0.0389. The van der Waals surface area contributed by atoms with Crippen LogP contribution in [0.1, 0.15) is 11.7 Å². The van der Waals surface area contributed by atoms with E-state index < -0.39 is 17.1 Å². The quantitative estimate of drug-likeness (QED) is 0.312. The first-order valence-electron chi connectivity index (χ1n) is 4.57. The Morgan fingerprint density at radius 1 is 1.44 bits per heavy atom.